The molecule has 2 aromatic rings. The maximum Gasteiger partial charge on any atom is 0.123 e. The third-order valence-corrected chi connectivity index (χ3v) is 3.86. The van der Waals surface area contributed by atoms with E-state index in [4.69, 9.17) is 0 Å². The molecule has 1 aromatic heterocycles. The van der Waals surface area contributed by atoms with Crippen LogP contribution in [0.25, 0.3) is 0 Å². The van der Waals surface area contributed by atoms with Crippen LogP contribution in [0.5, 0.6) is 0 Å². The number of benzene rings is 1. The Morgan fingerprint density at radius 3 is 2.50 bits per heavy atom. The number of nitrogens with zero attached hydrogens (tertiary/aromatic N) is 2. The van der Waals surface area contributed by atoms with Gasteiger partial charge < -0.3 is 5.11 Å². The highest BCUT2D eigenvalue weighted by atomic mass is 19.1. The standard InChI is InChI=1S/C16H21FN2O/c1-4-19-11-12(10-18-19)9-15(20)16(2,3)13-5-7-14(17)8-6-13/h5-8,10-11,15,20H,4,9H2,1-3H3. The number of rotatable bonds is 5. The van der Waals surface area contributed by atoms with Crippen LogP contribution in [0.2, 0.25) is 0 Å². The van der Waals surface area contributed by atoms with E-state index in [1.165, 1.54) is 12.1 Å². The summed E-state index contributed by atoms with van der Waals surface area (Å²) in [6.07, 6.45) is 3.71. The van der Waals surface area contributed by atoms with E-state index in [0.717, 1.165) is 17.7 Å². The summed E-state index contributed by atoms with van der Waals surface area (Å²) in [5, 5.41) is 14.7. The van der Waals surface area contributed by atoms with Gasteiger partial charge in [-0.2, -0.15) is 5.10 Å². The fraction of sp³-hybridized carbons (Fsp3) is 0.438. The van der Waals surface area contributed by atoms with E-state index in [2.05, 4.69) is 5.10 Å². The normalized spacial score (nSPS) is 13.4. The number of aryl methyl sites for hydroxylation is 1. The molecule has 4 heteroatoms. The Balaban J connectivity index is 2.13. The molecule has 0 aliphatic carbocycles. The second-order valence-electron chi connectivity index (χ2n) is 5.65. The van der Waals surface area contributed by atoms with Crippen LogP contribution < -0.4 is 0 Å². The topological polar surface area (TPSA) is 38.0 Å². The number of aliphatic hydroxyl groups excluding tert-OH is 1. The lowest BCUT2D eigenvalue weighted by Gasteiger charge is -2.31. The molecule has 1 atom stereocenters. The van der Waals surface area contributed by atoms with Crippen LogP contribution in [-0.2, 0) is 18.4 Å². The van der Waals surface area contributed by atoms with Crippen molar-refractivity contribution in [3.05, 3.63) is 53.6 Å². The van der Waals surface area contributed by atoms with Gasteiger partial charge in [-0.1, -0.05) is 26.0 Å². The number of aromatic nitrogens is 2. The van der Waals surface area contributed by atoms with Crippen LogP contribution in [-0.4, -0.2) is 21.0 Å². The molecule has 0 radical (unpaired) electrons. The van der Waals surface area contributed by atoms with Gasteiger partial charge in [-0.3, -0.25) is 4.68 Å². The first-order valence-corrected chi connectivity index (χ1v) is 6.89. The third-order valence-electron chi connectivity index (χ3n) is 3.86. The molecule has 0 fully saturated rings. The zero-order chi connectivity index (χ0) is 14.8. The largest absolute Gasteiger partial charge is 0.392 e. The Bertz CT molecular complexity index is 560. The first kappa shape index (κ1) is 14.7. The van der Waals surface area contributed by atoms with Crippen molar-refractivity contribution in [1.82, 2.24) is 9.78 Å². The molecule has 1 unspecified atom stereocenters. The van der Waals surface area contributed by atoms with Gasteiger partial charge in [0.2, 0.25) is 0 Å². The monoisotopic (exact) mass is 276 g/mol. The molecule has 0 saturated carbocycles. The van der Waals surface area contributed by atoms with Gasteiger partial charge in [0, 0.05) is 24.6 Å². The van der Waals surface area contributed by atoms with E-state index < -0.39 is 11.5 Å². The fourth-order valence-electron chi connectivity index (χ4n) is 2.23. The SMILES string of the molecule is CCn1cc(CC(O)C(C)(C)c2ccc(F)cc2)cn1. The summed E-state index contributed by atoms with van der Waals surface area (Å²) in [7, 11) is 0. The average Bonchev–Trinajstić information content (AvgIpc) is 2.87. The predicted octanol–water partition coefficient (Wildman–Crippen LogP) is 2.92. The van der Waals surface area contributed by atoms with Crippen molar-refractivity contribution in [2.24, 2.45) is 0 Å². The lowest BCUT2D eigenvalue weighted by atomic mass is 9.77. The summed E-state index contributed by atoms with van der Waals surface area (Å²) in [5.41, 5.74) is 1.49. The zero-order valence-electron chi connectivity index (χ0n) is 12.2. The highest BCUT2D eigenvalue weighted by Crippen LogP contribution is 2.29. The van der Waals surface area contributed by atoms with E-state index in [1.54, 1.807) is 18.3 Å². The summed E-state index contributed by atoms with van der Waals surface area (Å²) < 4.78 is 14.8. The molecule has 0 aliphatic heterocycles. The van der Waals surface area contributed by atoms with Gasteiger partial charge in [0.1, 0.15) is 5.82 Å². The van der Waals surface area contributed by atoms with E-state index in [1.807, 2.05) is 31.6 Å². The predicted molar refractivity (Wildman–Crippen MR) is 77.0 cm³/mol. The highest BCUT2D eigenvalue weighted by molar-refractivity contribution is 5.26. The van der Waals surface area contributed by atoms with Crippen LogP contribution in [0, 0.1) is 5.82 Å². The van der Waals surface area contributed by atoms with Gasteiger partial charge in [0.15, 0.2) is 0 Å². The van der Waals surface area contributed by atoms with Crippen molar-refractivity contribution in [2.45, 2.75) is 45.3 Å². The van der Waals surface area contributed by atoms with Crippen molar-refractivity contribution in [1.29, 1.82) is 0 Å². The summed E-state index contributed by atoms with van der Waals surface area (Å²) in [6, 6.07) is 6.32. The van der Waals surface area contributed by atoms with Gasteiger partial charge in [-0.25, -0.2) is 4.39 Å². The summed E-state index contributed by atoms with van der Waals surface area (Å²) in [6.45, 7) is 6.78. The second kappa shape index (κ2) is 5.75. The molecule has 1 N–H and O–H groups in total. The van der Waals surface area contributed by atoms with Crippen molar-refractivity contribution < 1.29 is 9.50 Å². The Hall–Kier alpha value is -1.68. The summed E-state index contributed by atoms with van der Waals surface area (Å²) >= 11 is 0. The minimum Gasteiger partial charge on any atom is -0.392 e. The Labute approximate surface area is 119 Å². The lowest BCUT2D eigenvalue weighted by molar-refractivity contribution is 0.0999. The molecule has 1 aromatic carbocycles. The van der Waals surface area contributed by atoms with Crippen molar-refractivity contribution >= 4 is 0 Å². The molecular formula is C16H21FN2O. The quantitative estimate of drug-likeness (QED) is 0.912. The van der Waals surface area contributed by atoms with Crippen molar-refractivity contribution in [2.75, 3.05) is 0 Å². The first-order chi connectivity index (χ1) is 9.43. The van der Waals surface area contributed by atoms with Gasteiger partial charge in [-0.05, 0) is 30.2 Å². The van der Waals surface area contributed by atoms with Crippen LogP contribution >= 0.6 is 0 Å². The third kappa shape index (κ3) is 3.07. The van der Waals surface area contributed by atoms with Crippen molar-refractivity contribution in [3.63, 3.8) is 0 Å². The fourth-order valence-corrected chi connectivity index (χ4v) is 2.23. The minimum atomic E-state index is -0.553. The van der Waals surface area contributed by atoms with E-state index in [0.29, 0.717) is 6.42 Å². The van der Waals surface area contributed by atoms with Crippen LogP contribution in [0.1, 0.15) is 31.9 Å². The molecule has 0 aliphatic rings. The number of hydrogen-bond acceptors (Lipinski definition) is 2. The van der Waals surface area contributed by atoms with Gasteiger partial charge in [-0.15, -0.1) is 0 Å². The minimum absolute atomic E-state index is 0.261. The Kier molecular flexibility index (Phi) is 4.23. The van der Waals surface area contributed by atoms with E-state index in [9.17, 15) is 9.50 Å². The molecule has 0 saturated heterocycles. The second-order valence-corrected chi connectivity index (χ2v) is 5.65. The Morgan fingerprint density at radius 2 is 1.95 bits per heavy atom. The lowest BCUT2D eigenvalue weighted by Crippen LogP contribution is -2.35. The number of halogens is 1. The first-order valence-electron chi connectivity index (χ1n) is 6.89. The number of aliphatic hydroxyl groups is 1. The van der Waals surface area contributed by atoms with Gasteiger partial charge in [0.25, 0.3) is 0 Å². The highest BCUT2D eigenvalue weighted by Gasteiger charge is 2.30. The average molecular weight is 276 g/mol. The molecule has 3 nitrogen and oxygen atoms in total. The molecule has 2 rings (SSSR count). The van der Waals surface area contributed by atoms with E-state index in [-0.39, 0.29) is 5.82 Å². The molecule has 108 valence electrons. The molecule has 0 bridgehead atoms. The molecule has 0 amide bonds. The molecular weight excluding hydrogens is 255 g/mol. The zero-order valence-corrected chi connectivity index (χ0v) is 12.2. The molecule has 20 heavy (non-hydrogen) atoms. The summed E-state index contributed by atoms with van der Waals surface area (Å²) in [4.78, 5) is 0. The summed E-state index contributed by atoms with van der Waals surface area (Å²) in [5.74, 6) is -0.261. The van der Waals surface area contributed by atoms with E-state index >= 15 is 0 Å². The number of hydrogen-bond donors (Lipinski definition) is 1. The van der Waals surface area contributed by atoms with Crippen LogP contribution in [0.3, 0.4) is 0 Å². The van der Waals surface area contributed by atoms with Gasteiger partial charge >= 0.3 is 0 Å². The smallest absolute Gasteiger partial charge is 0.123 e. The maximum absolute atomic E-state index is 13.0. The van der Waals surface area contributed by atoms with Gasteiger partial charge in [0.05, 0.1) is 12.3 Å². The Morgan fingerprint density at radius 1 is 1.30 bits per heavy atom. The molecule has 0 spiro atoms. The maximum atomic E-state index is 13.0. The molecule has 1 heterocycles. The van der Waals surface area contributed by atoms with Crippen LogP contribution in [0.4, 0.5) is 4.39 Å². The van der Waals surface area contributed by atoms with Crippen LogP contribution in [0.15, 0.2) is 36.7 Å². The van der Waals surface area contributed by atoms with Crippen molar-refractivity contribution in [3.8, 4) is 0 Å².